The van der Waals surface area contributed by atoms with Crippen LogP contribution in [0, 0.1) is 0 Å². The molecule has 0 aromatic heterocycles. The maximum Gasteiger partial charge on any atom is 0.326 e. The lowest BCUT2D eigenvalue weighted by Crippen LogP contribution is -2.46. The molecular formula is C21H18N2O5. The van der Waals surface area contributed by atoms with Crippen molar-refractivity contribution in [1.29, 1.82) is 0 Å². The van der Waals surface area contributed by atoms with Crippen LogP contribution in [0.25, 0.3) is 11.1 Å². The molecule has 0 saturated carbocycles. The summed E-state index contributed by atoms with van der Waals surface area (Å²) in [4.78, 5) is 49.9. The zero-order valence-electron chi connectivity index (χ0n) is 14.9. The normalized spacial score (nSPS) is 15.1. The van der Waals surface area contributed by atoms with Crippen molar-refractivity contribution in [3.8, 4) is 0 Å². The number of carbonyl (C=O) groups excluding carboxylic acids is 3. The second kappa shape index (κ2) is 7.87. The minimum absolute atomic E-state index is 0.141. The van der Waals surface area contributed by atoms with Crippen LogP contribution in [0.4, 0.5) is 0 Å². The minimum atomic E-state index is -1.48. The fraction of sp³-hybridized carbons (Fsp3) is 0.143. The molecule has 0 bridgehead atoms. The van der Waals surface area contributed by atoms with Crippen molar-refractivity contribution in [2.45, 2.75) is 18.9 Å². The summed E-state index contributed by atoms with van der Waals surface area (Å²) in [6.07, 6.45) is -0.498. The Bertz CT molecular complexity index is 905. The Morgan fingerprint density at radius 1 is 0.857 bits per heavy atom. The van der Waals surface area contributed by atoms with Gasteiger partial charge in [0.2, 0.25) is 5.91 Å². The van der Waals surface area contributed by atoms with Crippen molar-refractivity contribution in [2.24, 2.45) is 5.73 Å². The molecule has 3 amide bonds. The van der Waals surface area contributed by atoms with Crippen molar-refractivity contribution >= 4 is 34.8 Å². The molecular weight excluding hydrogens is 360 g/mol. The summed E-state index contributed by atoms with van der Waals surface area (Å²) in [5, 5.41) is 9.58. The van der Waals surface area contributed by atoms with E-state index in [0.29, 0.717) is 11.1 Å². The van der Waals surface area contributed by atoms with E-state index >= 15 is 0 Å². The van der Waals surface area contributed by atoms with E-state index in [2.05, 4.69) is 0 Å². The third kappa shape index (κ3) is 3.55. The van der Waals surface area contributed by atoms with Crippen molar-refractivity contribution in [3.63, 3.8) is 0 Å². The molecule has 1 unspecified atom stereocenters. The van der Waals surface area contributed by atoms with Gasteiger partial charge in [0.1, 0.15) is 6.04 Å². The van der Waals surface area contributed by atoms with Gasteiger partial charge in [0.25, 0.3) is 11.8 Å². The summed E-state index contributed by atoms with van der Waals surface area (Å²) in [5.74, 6) is -3.48. The first-order chi connectivity index (χ1) is 13.4. The van der Waals surface area contributed by atoms with Gasteiger partial charge in [-0.15, -0.1) is 0 Å². The van der Waals surface area contributed by atoms with Crippen molar-refractivity contribution in [1.82, 2.24) is 4.90 Å². The summed E-state index contributed by atoms with van der Waals surface area (Å²) < 4.78 is 0. The number of hydrogen-bond acceptors (Lipinski definition) is 4. The fourth-order valence-corrected chi connectivity index (χ4v) is 3.22. The number of imide groups is 1. The van der Waals surface area contributed by atoms with E-state index in [4.69, 9.17) is 5.73 Å². The van der Waals surface area contributed by atoms with Gasteiger partial charge in [-0.3, -0.25) is 19.3 Å². The summed E-state index contributed by atoms with van der Waals surface area (Å²) in [7, 11) is 0. The number of carboxylic acids is 1. The highest BCUT2D eigenvalue weighted by atomic mass is 16.4. The smallest absolute Gasteiger partial charge is 0.326 e. The molecule has 0 fully saturated rings. The summed E-state index contributed by atoms with van der Waals surface area (Å²) in [6.45, 7) is 0. The highest BCUT2D eigenvalue weighted by Crippen LogP contribution is 2.37. The first kappa shape index (κ1) is 19.0. The largest absolute Gasteiger partial charge is 0.480 e. The molecule has 0 spiro atoms. The molecule has 1 heterocycles. The quantitative estimate of drug-likeness (QED) is 0.711. The third-order valence-electron chi connectivity index (χ3n) is 4.50. The molecule has 1 aliphatic heterocycles. The number of amides is 3. The predicted molar refractivity (Wildman–Crippen MR) is 101 cm³/mol. The lowest BCUT2D eigenvalue weighted by molar-refractivity contribution is -0.153. The second-order valence-corrected chi connectivity index (χ2v) is 6.32. The first-order valence-corrected chi connectivity index (χ1v) is 8.66. The highest BCUT2D eigenvalue weighted by Gasteiger charge is 2.45. The van der Waals surface area contributed by atoms with E-state index in [9.17, 15) is 24.3 Å². The molecule has 2 aromatic carbocycles. The van der Waals surface area contributed by atoms with Crippen LogP contribution < -0.4 is 5.73 Å². The second-order valence-electron chi connectivity index (χ2n) is 6.32. The van der Waals surface area contributed by atoms with E-state index in [1.807, 2.05) is 0 Å². The maximum atomic E-state index is 13.2. The van der Waals surface area contributed by atoms with Crippen molar-refractivity contribution in [3.05, 3.63) is 71.8 Å². The standard InChI is InChI=1S/C21H18N2O5/c22-16(24)12-11-15(21(27)28)23-19(25)17(13-7-3-1-4-8-13)18(20(23)26)14-9-5-2-6-10-14/h1-10,15H,11-12H2,(H2,22,24)(H,27,28). The Balaban J connectivity index is 2.12. The lowest BCUT2D eigenvalue weighted by Gasteiger charge is -2.23. The maximum absolute atomic E-state index is 13.2. The fourth-order valence-electron chi connectivity index (χ4n) is 3.22. The lowest BCUT2D eigenvalue weighted by atomic mass is 9.96. The van der Waals surface area contributed by atoms with Crippen LogP contribution in [0.15, 0.2) is 60.7 Å². The summed E-state index contributed by atoms with van der Waals surface area (Å²) in [6, 6.07) is 15.7. The van der Waals surface area contributed by atoms with Gasteiger partial charge in [-0.2, -0.15) is 0 Å². The highest BCUT2D eigenvalue weighted by molar-refractivity contribution is 6.49. The average molecular weight is 378 g/mol. The molecule has 28 heavy (non-hydrogen) atoms. The van der Waals surface area contributed by atoms with Gasteiger partial charge >= 0.3 is 5.97 Å². The van der Waals surface area contributed by atoms with Gasteiger partial charge in [0.05, 0.1) is 11.1 Å². The molecule has 2 aromatic rings. The molecule has 0 saturated heterocycles. The van der Waals surface area contributed by atoms with E-state index < -0.39 is 29.7 Å². The van der Waals surface area contributed by atoms with Crippen LogP contribution in [-0.4, -0.2) is 39.7 Å². The number of primary amides is 1. The van der Waals surface area contributed by atoms with Crippen LogP contribution >= 0.6 is 0 Å². The number of nitrogens with two attached hydrogens (primary N) is 1. The topological polar surface area (TPSA) is 118 Å². The molecule has 0 radical (unpaired) electrons. The van der Waals surface area contributed by atoms with Gasteiger partial charge in [-0.25, -0.2) is 4.79 Å². The summed E-state index contributed by atoms with van der Waals surface area (Å²) in [5.41, 5.74) is 6.43. The average Bonchev–Trinajstić information content (AvgIpc) is 2.94. The zero-order valence-corrected chi connectivity index (χ0v) is 14.9. The molecule has 1 aliphatic rings. The van der Waals surface area contributed by atoms with Crippen LogP contribution in [0.2, 0.25) is 0 Å². The number of aliphatic carboxylic acids is 1. The van der Waals surface area contributed by atoms with Gasteiger partial charge in [0.15, 0.2) is 0 Å². The summed E-state index contributed by atoms with van der Waals surface area (Å²) >= 11 is 0. The van der Waals surface area contributed by atoms with Crippen LogP contribution in [-0.2, 0) is 19.2 Å². The predicted octanol–water partition coefficient (Wildman–Crippen LogP) is 1.68. The van der Waals surface area contributed by atoms with Crippen molar-refractivity contribution in [2.75, 3.05) is 0 Å². The Labute approximate surface area is 161 Å². The van der Waals surface area contributed by atoms with Gasteiger partial charge in [-0.1, -0.05) is 60.7 Å². The van der Waals surface area contributed by atoms with E-state index in [0.717, 1.165) is 4.90 Å². The third-order valence-corrected chi connectivity index (χ3v) is 4.50. The van der Waals surface area contributed by atoms with Gasteiger partial charge in [-0.05, 0) is 17.5 Å². The molecule has 1 atom stereocenters. The van der Waals surface area contributed by atoms with Crippen molar-refractivity contribution < 1.29 is 24.3 Å². The Kier molecular flexibility index (Phi) is 5.35. The number of hydrogen-bond donors (Lipinski definition) is 2. The number of carboxylic acid groups (broad SMARTS) is 1. The Hall–Kier alpha value is -3.74. The van der Waals surface area contributed by atoms with E-state index in [-0.39, 0.29) is 24.0 Å². The number of carbonyl (C=O) groups is 4. The van der Waals surface area contributed by atoms with Gasteiger partial charge in [0, 0.05) is 6.42 Å². The van der Waals surface area contributed by atoms with Crippen LogP contribution in [0.3, 0.4) is 0 Å². The van der Waals surface area contributed by atoms with Crippen LogP contribution in [0.5, 0.6) is 0 Å². The Morgan fingerprint density at radius 3 is 1.64 bits per heavy atom. The molecule has 3 rings (SSSR count). The Morgan fingerprint density at radius 2 is 1.29 bits per heavy atom. The molecule has 7 heteroatoms. The van der Waals surface area contributed by atoms with Crippen LogP contribution in [0.1, 0.15) is 24.0 Å². The number of rotatable bonds is 7. The zero-order chi connectivity index (χ0) is 20.3. The molecule has 0 aliphatic carbocycles. The first-order valence-electron chi connectivity index (χ1n) is 8.66. The van der Waals surface area contributed by atoms with Gasteiger partial charge < -0.3 is 10.8 Å². The minimum Gasteiger partial charge on any atom is -0.480 e. The number of nitrogens with zero attached hydrogens (tertiary/aromatic N) is 1. The van der Waals surface area contributed by atoms with E-state index in [1.54, 1.807) is 60.7 Å². The molecule has 7 nitrogen and oxygen atoms in total. The molecule has 3 N–H and O–H groups in total. The SMILES string of the molecule is NC(=O)CCC(C(=O)O)N1C(=O)C(c2ccccc2)=C(c2ccccc2)C1=O. The number of benzene rings is 2. The molecule has 142 valence electrons. The monoisotopic (exact) mass is 378 g/mol. The van der Waals surface area contributed by atoms with E-state index in [1.165, 1.54) is 0 Å².